The van der Waals surface area contributed by atoms with Crippen LogP contribution in [0.3, 0.4) is 0 Å². The number of carbonyl (C=O) groups is 2. The Morgan fingerprint density at radius 3 is 2.66 bits per heavy atom. The summed E-state index contributed by atoms with van der Waals surface area (Å²) in [5.41, 5.74) is 3.14. The van der Waals surface area contributed by atoms with E-state index in [1.165, 1.54) is 0 Å². The summed E-state index contributed by atoms with van der Waals surface area (Å²) in [4.78, 5) is 36.7. The van der Waals surface area contributed by atoms with Crippen molar-refractivity contribution in [2.75, 3.05) is 17.3 Å². The Balaban J connectivity index is 1.44. The lowest BCUT2D eigenvalue weighted by atomic mass is 10.1. The van der Waals surface area contributed by atoms with Crippen LogP contribution >= 0.6 is 0 Å². The number of nitrogens with one attached hydrogen (secondary N) is 1. The molecule has 2 aromatic carbocycles. The van der Waals surface area contributed by atoms with Gasteiger partial charge in [0.25, 0.3) is 5.91 Å². The van der Waals surface area contributed by atoms with E-state index in [4.69, 9.17) is 4.74 Å². The first-order valence-electron chi connectivity index (χ1n) is 10.2. The summed E-state index contributed by atoms with van der Waals surface area (Å²) in [6, 6.07) is 17.8. The molecule has 160 valence electrons. The minimum Gasteiger partial charge on any atom is -0.497 e. The van der Waals surface area contributed by atoms with Crippen LogP contribution in [0.25, 0.3) is 11.0 Å². The number of amides is 2. The normalized spacial score (nSPS) is 15.1. The lowest BCUT2D eigenvalue weighted by Gasteiger charge is -2.16. The Kier molecular flexibility index (Phi) is 5.03. The van der Waals surface area contributed by atoms with Crippen LogP contribution < -0.4 is 15.0 Å². The molecule has 8 nitrogen and oxygen atoms in total. The molecule has 32 heavy (non-hydrogen) atoms. The first kappa shape index (κ1) is 19.7. The number of hydrogen-bond donors (Lipinski definition) is 1. The Labute approximate surface area is 184 Å². The third-order valence-corrected chi connectivity index (χ3v) is 5.50. The topological polar surface area (TPSA) is 89.3 Å². The standard InChI is InChI=1S/C24H21N5O3/c1-32-18-10-8-17(9-11-18)26-22(30)13-21-23(31)28(15-16-5-4-12-25-14-16)24-27-19-6-2-3-7-20(19)29(21)24/h2-12,14,21H,13,15H2,1H3,(H,26,30). The molecular weight excluding hydrogens is 406 g/mol. The van der Waals surface area contributed by atoms with Gasteiger partial charge in [-0.25, -0.2) is 4.98 Å². The van der Waals surface area contributed by atoms with E-state index in [0.717, 1.165) is 16.6 Å². The van der Waals surface area contributed by atoms with Crippen LogP contribution in [0, 0.1) is 0 Å². The molecule has 0 bridgehead atoms. The fourth-order valence-corrected chi connectivity index (χ4v) is 3.98. The van der Waals surface area contributed by atoms with E-state index in [1.807, 2.05) is 41.0 Å². The Bertz CT molecular complexity index is 1280. The number of rotatable bonds is 6. The highest BCUT2D eigenvalue weighted by Crippen LogP contribution is 2.37. The van der Waals surface area contributed by atoms with E-state index in [0.29, 0.717) is 23.9 Å². The van der Waals surface area contributed by atoms with Crippen molar-refractivity contribution in [2.45, 2.75) is 19.0 Å². The summed E-state index contributed by atoms with van der Waals surface area (Å²) in [5.74, 6) is 0.837. The number of benzene rings is 2. The van der Waals surface area contributed by atoms with Crippen molar-refractivity contribution in [3.05, 3.63) is 78.6 Å². The van der Waals surface area contributed by atoms with Gasteiger partial charge in [-0.05, 0) is 48.0 Å². The van der Waals surface area contributed by atoms with Gasteiger partial charge in [-0.3, -0.25) is 24.0 Å². The fourth-order valence-electron chi connectivity index (χ4n) is 3.98. The predicted molar refractivity (Wildman–Crippen MR) is 120 cm³/mol. The third-order valence-electron chi connectivity index (χ3n) is 5.50. The van der Waals surface area contributed by atoms with E-state index in [9.17, 15) is 9.59 Å². The lowest BCUT2D eigenvalue weighted by Crippen LogP contribution is -2.31. The Morgan fingerprint density at radius 2 is 1.91 bits per heavy atom. The second-order valence-electron chi connectivity index (χ2n) is 7.55. The molecule has 1 N–H and O–H groups in total. The smallest absolute Gasteiger partial charge is 0.253 e. The molecule has 8 heteroatoms. The van der Waals surface area contributed by atoms with Gasteiger partial charge in [-0.1, -0.05) is 18.2 Å². The maximum atomic E-state index is 13.4. The molecule has 2 aromatic heterocycles. The number of imidazole rings is 1. The molecule has 1 unspecified atom stereocenters. The largest absolute Gasteiger partial charge is 0.497 e. The van der Waals surface area contributed by atoms with Gasteiger partial charge < -0.3 is 10.1 Å². The van der Waals surface area contributed by atoms with Gasteiger partial charge in [0.1, 0.15) is 11.8 Å². The van der Waals surface area contributed by atoms with Crippen molar-refractivity contribution in [3.8, 4) is 5.75 Å². The van der Waals surface area contributed by atoms with Crippen LogP contribution in [0.1, 0.15) is 18.0 Å². The summed E-state index contributed by atoms with van der Waals surface area (Å²) in [5, 5.41) is 2.87. The summed E-state index contributed by atoms with van der Waals surface area (Å²) < 4.78 is 7.01. The molecule has 1 aliphatic rings. The number of fused-ring (bicyclic) bond motifs is 3. The number of para-hydroxylation sites is 2. The van der Waals surface area contributed by atoms with Gasteiger partial charge in [0.15, 0.2) is 0 Å². The molecule has 5 rings (SSSR count). The van der Waals surface area contributed by atoms with Crippen molar-refractivity contribution >= 4 is 34.5 Å². The highest BCUT2D eigenvalue weighted by molar-refractivity contribution is 6.05. The molecular formula is C24H21N5O3. The van der Waals surface area contributed by atoms with E-state index in [2.05, 4.69) is 15.3 Å². The molecule has 1 aliphatic heterocycles. The Morgan fingerprint density at radius 1 is 1.09 bits per heavy atom. The van der Waals surface area contributed by atoms with Gasteiger partial charge >= 0.3 is 0 Å². The van der Waals surface area contributed by atoms with Crippen molar-refractivity contribution in [1.29, 1.82) is 0 Å². The van der Waals surface area contributed by atoms with Crippen LogP contribution in [0.5, 0.6) is 5.75 Å². The van der Waals surface area contributed by atoms with E-state index in [1.54, 1.807) is 48.7 Å². The first-order chi connectivity index (χ1) is 15.6. The number of aromatic nitrogens is 3. The zero-order valence-corrected chi connectivity index (χ0v) is 17.4. The van der Waals surface area contributed by atoms with Crippen molar-refractivity contribution in [3.63, 3.8) is 0 Å². The molecule has 0 saturated carbocycles. The summed E-state index contributed by atoms with van der Waals surface area (Å²) in [6.45, 7) is 0.340. The Hall–Kier alpha value is -4.20. The number of hydrogen-bond acceptors (Lipinski definition) is 5. The van der Waals surface area contributed by atoms with Crippen molar-refractivity contribution in [1.82, 2.24) is 14.5 Å². The number of pyridine rings is 1. The van der Waals surface area contributed by atoms with Gasteiger partial charge in [0, 0.05) is 18.1 Å². The maximum Gasteiger partial charge on any atom is 0.253 e. The fraction of sp³-hybridized carbons (Fsp3) is 0.167. The number of anilines is 2. The minimum atomic E-state index is -0.674. The van der Waals surface area contributed by atoms with Gasteiger partial charge in [0.05, 0.1) is 31.1 Å². The van der Waals surface area contributed by atoms with Crippen LogP contribution in [-0.4, -0.2) is 33.5 Å². The lowest BCUT2D eigenvalue weighted by molar-refractivity contribution is -0.124. The zero-order chi connectivity index (χ0) is 22.1. The van der Waals surface area contributed by atoms with E-state index in [-0.39, 0.29) is 18.2 Å². The van der Waals surface area contributed by atoms with Crippen molar-refractivity contribution < 1.29 is 14.3 Å². The van der Waals surface area contributed by atoms with Crippen LogP contribution in [0.4, 0.5) is 11.6 Å². The van der Waals surface area contributed by atoms with E-state index >= 15 is 0 Å². The second-order valence-corrected chi connectivity index (χ2v) is 7.55. The second kappa shape index (κ2) is 8.14. The molecule has 0 saturated heterocycles. The van der Waals surface area contributed by atoms with Gasteiger partial charge in [0.2, 0.25) is 11.9 Å². The molecule has 1 atom stereocenters. The molecule has 4 aromatic rings. The maximum absolute atomic E-state index is 13.4. The summed E-state index contributed by atoms with van der Waals surface area (Å²) in [6.07, 6.45) is 3.42. The van der Waals surface area contributed by atoms with E-state index < -0.39 is 6.04 Å². The van der Waals surface area contributed by atoms with Crippen LogP contribution in [0.2, 0.25) is 0 Å². The van der Waals surface area contributed by atoms with Gasteiger partial charge in [-0.15, -0.1) is 0 Å². The van der Waals surface area contributed by atoms with Gasteiger partial charge in [-0.2, -0.15) is 0 Å². The average molecular weight is 427 g/mol. The van der Waals surface area contributed by atoms with Crippen molar-refractivity contribution in [2.24, 2.45) is 0 Å². The first-order valence-corrected chi connectivity index (χ1v) is 10.2. The quantitative estimate of drug-likeness (QED) is 0.508. The molecule has 3 heterocycles. The predicted octanol–water partition coefficient (Wildman–Crippen LogP) is 3.56. The SMILES string of the molecule is COc1ccc(NC(=O)CC2C(=O)N(Cc3cccnc3)c3nc4ccccc4n32)cc1. The summed E-state index contributed by atoms with van der Waals surface area (Å²) in [7, 11) is 1.59. The molecule has 0 radical (unpaired) electrons. The molecule has 0 spiro atoms. The minimum absolute atomic E-state index is 0.00174. The summed E-state index contributed by atoms with van der Waals surface area (Å²) >= 11 is 0. The third kappa shape index (κ3) is 3.56. The molecule has 2 amide bonds. The average Bonchev–Trinajstić information content (AvgIpc) is 3.31. The number of ether oxygens (including phenoxy) is 1. The number of nitrogens with zero attached hydrogens (tertiary/aromatic N) is 4. The highest BCUT2D eigenvalue weighted by Gasteiger charge is 2.40. The van der Waals surface area contributed by atoms with Crippen LogP contribution in [0.15, 0.2) is 73.1 Å². The highest BCUT2D eigenvalue weighted by atomic mass is 16.5. The number of carbonyl (C=O) groups excluding carboxylic acids is 2. The molecule has 0 fully saturated rings. The number of methoxy groups -OCH3 is 1. The van der Waals surface area contributed by atoms with Crippen LogP contribution in [-0.2, 0) is 16.1 Å². The monoisotopic (exact) mass is 427 g/mol. The molecule has 0 aliphatic carbocycles. The zero-order valence-electron chi connectivity index (χ0n) is 17.4.